The van der Waals surface area contributed by atoms with Gasteiger partial charge in [-0.3, -0.25) is 4.79 Å². The highest BCUT2D eigenvalue weighted by molar-refractivity contribution is 7.89. The fraction of sp³-hybridized carbons (Fsp3) is 0.350. The summed E-state index contributed by atoms with van der Waals surface area (Å²) < 4.78 is 36.3. The SMILES string of the molecule is C[C@]1(C(=O)NCc2ccccc2)CCCN(S(=O)(=O)c2cccc3nsnc23)C1. The Labute approximate surface area is 174 Å². The molecule has 1 atom stereocenters. The van der Waals surface area contributed by atoms with Crippen LogP contribution < -0.4 is 5.32 Å². The van der Waals surface area contributed by atoms with E-state index < -0.39 is 15.4 Å². The zero-order chi connectivity index (χ0) is 20.5. The Bertz CT molecular complexity index is 1130. The topological polar surface area (TPSA) is 92.3 Å². The molecule has 29 heavy (non-hydrogen) atoms. The molecule has 1 aromatic heterocycles. The number of amides is 1. The van der Waals surface area contributed by atoms with Gasteiger partial charge in [0.1, 0.15) is 15.9 Å². The van der Waals surface area contributed by atoms with Gasteiger partial charge in [-0.05, 0) is 37.5 Å². The second-order valence-electron chi connectivity index (χ2n) is 7.56. The van der Waals surface area contributed by atoms with Gasteiger partial charge in [-0.1, -0.05) is 36.4 Å². The van der Waals surface area contributed by atoms with E-state index in [1.165, 1.54) is 4.31 Å². The summed E-state index contributed by atoms with van der Waals surface area (Å²) in [5.41, 5.74) is 1.18. The first-order valence-electron chi connectivity index (χ1n) is 9.44. The van der Waals surface area contributed by atoms with Crippen molar-refractivity contribution >= 4 is 38.7 Å². The molecule has 2 aromatic carbocycles. The lowest BCUT2D eigenvalue weighted by Crippen LogP contribution is -2.51. The number of carbonyl (C=O) groups is 1. The molecule has 4 rings (SSSR count). The number of sulfonamides is 1. The Morgan fingerprint density at radius 1 is 1.17 bits per heavy atom. The molecule has 0 unspecified atom stereocenters. The van der Waals surface area contributed by atoms with E-state index in [1.807, 2.05) is 37.3 Å². The predicted octanol–water partition coefficient (Wildman–Crippen LogP) is 2.80. The van der Waals surface area contributed by atoms with Gasteiger partial charge in [0, 0.05) is 19.6 Å². The van der Waals surface area contributed by atoms with Crippen LogP contribution in [0.2, 0.25) is 0 Å². The van der Waals surface area contributed by atoms with E-state index in [4.69, 9.17) is 0 Å². The normalized spacial score (nSPS) is 20.6. The molecule has 0 aliphatic carbocycles. The Kier molecular flexibility index (Phi) is 5.37. The molecular formula is C20H22N4O3S2. The van der Waals surface area contributed by atoms with Gasteiger partial charge in [-0.2, -0.15) is 13.1 Å². The lowest BCUT2D eigenvalue weighted by atomic mass is 9.82. The van der Waals surface area contributed by atoms with Crippen LogP contribution in [-0.4, -0.2) is 40.5 Å². The van der Waals surface area contributed by atoms with Crippen molar-refractivity contribution in [3.63, 3.8) is 0 Å². The van der Waals surface area contributed by atoms with E-state index in [2.05, 4.69) is 14.1 Å². The van der Waals surface area contributed by atoms with Crippen LogP contribution in [0.3, 0.4) is 0 Å². The maximum absolute atomic E-state index is 13.3. The largest absolute Gasteiger partial charge is 0.352 e. The van der Waals surface area contributed by atoms with Crippen molar-refractivity contribution in [2.45, 2.75) is 31.2 Å². The van der Waals surface area contributed by atoms with E-state index in [1.54, 1.807) is 18.2 Å². The number of hydrogen-bond acceptors (Lipinski definition) is 6. The second-order valence-corrected chi connectivity index (χ2v) is 9.99. The van der Waals surface area contributed by atoms with Gasteiger partial charge >= 0.3 is 0 Å². The van der Waals surface area contributed by atoms with Crippen molar-refractivity contribution in [2.75, 3.05) is 13.1 Å². The van der Waals surface area contributed by atoms with Gasteiger partial charge in [0.2, 0.25) is 15.9 Å². The number of fused-ring (bicyclic) bond motifs is 1. The molecule has 0 spiro atoms. The minimum Gasteiger partial charge on any atom is -0.352 e. The average Bonchev–Trinajstić information content (AvgIpc) is 3.21. The Balaban J connectivity index is 1.54. The molecule has 1 aliphatic heterocycles. The number of piperidine rings is 1. The van der Waals surface area contributed by atoms with E-state index in [0.717, 1.165) is 17.3 Å². The number of nitrogens with one attached hydrogen (secondary N) is 1. The number of rotatable bonds is 5. The summed E-state index contributed by atoms with van der Waals surface area (Å²) in [6, 6.07) is 14.6. The number of aromatic nitrogens is 2. The van der Waals surface area contributed by atoms with Gasteiger partial charge in [-0.15, -0.1) is 0 Å². The van der Waals surface area contributed by atoms with Crippen LogP contribution in [0.1, 0.15) is 25.3 Å². The van der Waals surface area contributed by atoms with Crippen LogP contribution in [-0.2, 0) is 21.4 Å². The molecule has 1 fully saturated rings. The first-order valence-corrected chi connectivity index (χ1v) is 11.6. The van der Waals surface area contributed by atoms with Crippen LogP contribution in [0.4, 0.5) is 0 Å². The van der Waals surface area contributed by atoms with Crippen LogP contribution >= 0.6 is 11.7 Å². The first-order chi connectivity index (χ1) is 13.9. The molecule has 0 radical (unpaired) electrons. The van der Waals surface area contributed by atoms with Crippen molar-refractivity contribution < 1.29 is 13.2 Å². The Morgan fingerprint density at radius 3 is 2.76 bits per heavy atom. The van der Waals surface area contributed by atoms with Crippen molar-refractivity contribution in [2.24, 2.45) is 5.41 Å². The van der Waals surface area contributed by atoms with Crippen molar-refractivity contribution in [1.82, 2.24) is 18.4 Å². The summed E-state index contributed by atoms with van der Waals surface area (Å²) in [4.78, 5) is 13.1. The molecule has 3 aromatic rings. The summed E-state index contributed by atoms with van der Waals surface area (Å²) in [6.07, 6.45) is 1.27. The third-order valence-electron chi connectivity index (χ3n) is 5.37. The van der Waals surface area contributed by atoms with Gasteiger partial charge in [0.25, 0.3) is 0 Å². The minimum absolute atomic E-state index is 0.130. The number of hydrogen-bond donors (Lipinski definition) is 1. The number of benzene rings is 2. The molecule has 0 saturated carbocycles. The van der Waals surface area contributed by atoms with E-state index in [0.29, 0.717) is 37.0 Å². The molecule has 7 nitrogen and oxygen atoms in total. The molecule has 1 saturated heterocycles. The molecular weight excluding hydrogens is 408 g/mol. The van der Waals surface area contributed by atoms with Gasteiger partial charge < -0.3 is 5.32 Å². The smallest absolute Gasteiger partial charge is 0.245 e. The third kappa shape index (κ3) is 3.90. The zero-order valence-corrected chi connectivity index (χ0v) is 17.7. The molecule has 9 heteroatoms. The first kappa shape index (κ1) is 19.9. The monoisotopic (exact) mass is 430 g/mol. The third-order valence-corrected chi connectivity index (χ3v) is 7.79. The summed E-state index contributed by atoms with van der Waals surface area (Å²) >= 11 is 0.992. The lowest BCUT2D eigenvalue weighted by Gasteiger charge is -2.38. The Morgan fingerprint density at radius 2 is 1.97 bits per heavy atom. The maximum atomic E-state index is 13.3. The number of carbonyl (C=O) groups excluding carboxylic acids is 1. The standard InChI is InChI=1S/C20H22N4O3S2/c1-20(19(25)21-13-15-7-3-2-4-8-15)11-6-12-24(14-20)29(26,27)17-10-5-9-16-18(17)23-28-22-16/h2-5,7-10H,6,11-14H2,1H3,(H,21,25)/t20-/m0/s1. The van der Waals surface area contributed by atoms with Crippen molar-refractivity contribution in [3.8, 4) is 0 Å². The zero-order valence-electron chi connectivity index (χ0n) is 16.0. The summed E-state index contributed by atoms with van der Waals surface area (Å²) in [6.45, 7) is 2.79. The molecule has 152 valence electrons. The van der Waals surface area contributed by atoms with Crippen molar-refractivity contribution in [3.05, 3.63) is 54.1 Å². The molecule has 0 bridgehead atoms. The Hall–Kier alpha value is -2.36. The highest BCUT2D eigenvalue weighted by atomic mass is 32.2. The summed E-state index contributed by atoms with van der Waals surface area (Å²) in [5, 5.41) is 2.97. The van der Waals surface area contributed by atoms with Gasteiger partial charge in [-0.25, -0.2) is 8.42 Å². The van der Waals surface area contributed by atoms with E-state index in [9.17, 15) is 13.2 Å². The summed E-state index contributed by atoms with van der Waals surface area (Å²) in [5.74, 6) is -0.130. The van der Waals surface area contributed by atoms with Crippen LogP contribution in [0.25, 0.3) is 11.0 Å². The highest BCUT2D eigenvalue weighted by Crippen LogP contribution is 2.34. The average molecular weight is 431 g/mol. The van der Waals surface area contributed by atoms with Crippen molar-refractivity contribution in [1.29, 1.82) is 0 Å². The molecule has 1 amide bonds. The number of nitrogens with zero attached hydrogens (tertiary/aromatic N) is 3. The predicted molar refractivity (Wildman–Crippen MR) is 112 cm³/mol. The maximum Gasteiger partial charge on any atom is 0.245 e. The summed E-state index contributed by atoms with van der Waals surface area (Å²) in [7, 11) is -3.77. The lowest BCUT2D eigenvalue weighted by molar-refractivity contribution is -0.132. The van der Waals surface area contributed by atoms with Crippen LogP contribution in [0, 0.1) is 5.41 Å². The van der Waals surface area contributed by atoms with Gasteiger partial charge in [0.15, 0.2) is 0 Å². The molecule has 1 N–H and O–H groups in total. The molecule has 1 aliphatic rings. The highest BCUT2D eigenvalue weighted by Gasteiger charge is 2.42. The fourth-order valence-electron chi connectivity index (χ4n) is 3.70. The van der Waals surface area contributed by atoms with Crippen LogP contribution in [0.5, 0.6) is 0 Å². The van der Waals surface area contributed by atoms with Crippen LogP contribution in [0.15, 0.2) is 53.4 Å². The minimum atomic E-state index is -3.77. The van der Waals surface area contributed by atoms with Gasteiger partial charge in [0.05, 0.1) is 17.1 Å². The molecule has 2 heterocycles. The van der Waals surface area contributed by atoms with E-state index >= 15 is 0 Å². The quantitative estimate of drug-likeness (QED) is 0.672. The fourth-order valence-corrected chi connectivity index (χ4v) is 6.06. The second kappa shape index (κ2) is 7.81. The van der Waals surface area contributed by atoms with E-state index in [-0.39, 0.29) is 17.3 Å².